The lowest BCUT2D eigenvalue weighted by molar-refractivity contribution is 1.18. The van der Waals surface area contributed by atoms with Crippen molar-refractivity contribution < 1.29 is 0 Å². The first kappa shape index (κ1) is 21.3. The van der Waals surface area contributed by atoms with Gasteiger partial charge in [-0.1, -0.05) is 78.9 Å². The zero-order chi connectivity index (χ0) is 22.5. The average molecular weight is 418 g/mol. The van der Waals surface area contributed by atoms with Crippen molar-refractivity contribution in [1.82, 2.24) is 4.57 Å². The van der Waals surface area contributed by atoms with E-state index in [1.165, 1.54) is 28.9 Å². The minimum atomic E-state index is 0.519. The Hall–Kier alpha value is -3.95. The van der Waals surface area contributed by atoms with Crippen LogP contribution >= 0.6 is 0 Å². The maximum Gasteiger partial charge on any atom is 0.0615 e. The van der Waals surface area contributed by atoms with Crippen molar-refractivity contribution in [3.63, 3.8) is 0 Å². The first-order valence-electron chi connectivity index (χ1n) is 10.7. The minimum absolute atomic E-state index is 0.519. The van der Waals surface area contributed by atoms with Crippen molar-refractivity contribution in [2.75, 3.05) is 7.05 Å². The van der Waals surface area contributed by atoms with Crippen LogP contribution in [0.25, 0.3) is 33.1 Å². The van der Waals surface area contributed by atoms with E-state index in [1.807, 2.05) is 36.4 Å². The van der Waals surface area contributed by atoms with Gasteiger partial charge in [-0.3, -0.25) is 0 Å². The second-order valence-electron chi connectivity index (χ2n) is 7.52. The average Bonchev–Trinajstić information content (AvgIpc) is 3.20. The van der Waals surface area contributed by atoms with Crippen LogP contribution in [0.3, 0.4) is 0 Å². The van der Waals surface area contributed by atoms with Gasteiger partial charge in [0.2, 0.25) is 0 Å². The van der Waals surface area contributed by atoms with Crippen LogP contribution in [0, 0.1) is 5.41 Å². The number of allylic oxidation sites excluding steroid dienone is 2. The molecular formula is C29H27N3. The van der Waals surface area contributed by atoms with Gasteiger partial charge in [0.1, 0.15) is 0 Å². The van der Waals surface area contributed by atoms with Crippen molar-refractivity contribution in [1.29, 1.82) is 5.41 Å². The fourth-order valence-electron chi connectivity index (χ4n) is 4.07. The van der Waals surface area contributed by atoms with E-state index >= 15 is 0 Å². The predicted molar refractivity (Wildman–Crippen MR) is 138 cm³/mol. The topological polar surface area (TPSA) is 54.8 Å². The van der Waals surface area contributed by atoms with Gasteiger partial charge < -0.3 is 15.7 Å². The molecule has 0 aliphatic carbocycles. The van der Waals surface area contributed by atoms with E-state index < -0.39 is 0 Å². The molecule has 3 heteroatoms. The molecule has 5 aromatic rings. The zero-order valence-corrected chi connectivity index (χ0v) is 18.4. The number of aromatic nitrogens is 1. The fourth-order valence-corrected chi connectivity index (χ4v) is 4.07. The lowest BCUT2D eigenvalue weighted by atomic mass is 10.0. The summed E-state index contributed by atoms with van der Waals surface area (Å²) < 4.78 is 2.29. The molecule has 0 saturated heterocycles. The molecule has 32 heavy (non-hydrogen) atoms. The molecule has 0 fully saturated rings. The van der Waals surface area contributed by atoms with Gasteiger partial charge in [-0.25, -0.2) is 0 Å². The van der Waals surface area contributed by atoms with Crippen LogP contribution in [0.4, 0.5) is 0 Å². The highest BCUT2D eigenvalue weighted by Crippen LogP contribution is 2.31. The van der Waals surface area contributed by atoms with E-state index in [2.05, 4.69) is 90.0 Å². The van der Waals surface area contributed by atoms with Crippen LogP contribution in [0.2, 0.25) is 0 Å². The summed E-state index contributed by atoms with van der Waals surface area (Å²) in [6.07, 6.45) is 1.94. The molecule has 1 aromatic heterocycles. The number of nitrogens with zero attached hydrogens (tertiary/aromatic N) is 1. The lowest BCUT2D eigenvalue weighted by Gasteiger charge is -2.09. The van der Waals surface area contributed by atoms with E-state index in [-0.39, 0.29) is 0 Å². The monoisotopic (exact) mass is 417 g/mol. The highest BCUT2D eigenvalue weighted by Gasteiger charge is 2.11. The molecule has 4 aromatic carbocycles. The van der Waals surface area contributed by atoms with Gasteiger partial charge >= 0.3 is 0 Å². The molecule has 0 unspecified atom stereocenters. The number of fused-ring (bicyclic) bond motifs is 3. The summed E-state index contributed by atoms with van der Waals surface area (Å²) >= 11 is 0. The Kier molecular flexibility index (Phi) is 6.29. The minimum Gasteiger partial charge on any atom is -0.333 e. The number of nitrogens with one attached hydrogen (secondary N) is 1. The van der Waals surface area contributed by atoms with E-state index in [4.69, 9.17) is 5.41 Å². The Labute approximate surface area is 188 Å². The van der Waals surface area contributed by atoms with Crippen molar-refractivity contribution in [3.8, 4) is 5.69 Å². The third-order valence-electron chi connectivity index (χ3n) is 5.61. The normalized spacial score (nSPS) is 11.3. The first-order chi connectivity index (χ1) is 15.7. The van der Waals surface area contributed by atoms with Crippen LogP contribution in [-0.2, 0) is 0 Å². The Balaban J connectivity index is 0.00000119. The molecule has 0 atom stereocenters. The number of para-hydroxylation sites is 2. The Morgan fingerprint density at radius 3 is 1.72 bits per heavy atom. The summed E-state index contributed by atoms with van der Waals surface area (Å²) in [6, 6.07) is 35.5. The summed E-state index contributed by atoms with van der Waals surface area (Å²) in [5.74, 6) is 0. The highest BCUT2D eigenvalue weighted by molar-refractivity contribution is 6.11. The maximum absolute atomic E-state index is 8.53. The summed E-state index contributed by atoms with van der Waals surface area (Å²) in [5.41, 5.74) is 11.7. The van der Waals surface area contributed by atoms with Gasteiger partial charge in [-0.05, 0) is 61.0 Å². The molecule has 1 heterocycles. The van der Waals surface area contributed by atoms with Gasteiger partial charge in [0.05, 0.1) is 16.7 Å². The third kappa shape index (κ3) is 3.98. The second-order valence-corrected chi connectivity index (χ2v) is 7.52. The maximum atomic E-state index is 8.53. The SMILES string of the molecule is C/C(=C/C(=N)c1ccc(-n2c3ccccc3c3ccccc32)cc1)c1ccccc1.CN. The van der Waals surface area contributed by atoms with Crippen molar-refractivity contribution >= 4 is 33.1 Å². The predicted octanol–water partition coefficient (Wildman–Crippen LogP) is 6.83. The van der Waals surface area contributed by atoms with Crippen LogP contribution in [0.5, 0.6) is 0 Å². The molecule has 0 radical (unpaired) electrons. The van der Waals surface area contributed by atoms with E-state index in [9.17, 15) is 0 Å². The number of rotatable bonds is 4. The molecule has 0 bridgehead atoms. The number of hydrogen-bond donors (Lipinski definition) is 2. The summed E-state index contributed by atoms with van der Waals surface area (Å²) in [4.78, 5) is 0. The standard InChI is InChI=1S/C28H22N2.CH5N/c1-20(21-9-3-2-4-10-21)19-26(29)22-15-17-23(18-16-22)30-27-13-7-5-11-24(27)25-12-6-8-14-28(25)30;1-2/h2-19,29H,1H3;2H2,1H3/b20-19-,29-26?;. The molecule has 0 spiro atoms. The zero-order valence-electron chi connectivity index (χ0n) is 18.4. The molecular weight excluding hydrogens is 390 g/mol. The van der Waals surface area contributed by atoms with Crippen LogP contribution in [0.1, 0.15) is 18.1 Å². The molecule has 0 aliphatic heterocycles. The summed E-state index contributed by atoms with van der Waals surface area (Å²) in [5, 5.41) is 11.0. The molecule has 0 amide bonds. The van der Waals surface area contributed by atoms with Crippen molar-refractivity contribution in [2.45, 2.75) is 6.92 Å². The van der Waals surface area contributed by atoms with Crippen molar-refractivity contribution in [2.24, 2.45) is 5.73 Å². The van der Waals surface area contributed by atoms with Crippen LogP contribution < -0.4 is 5.73 Å². The van der Waals surface area contributed by atoms with Gasteiger partial charge in [-0.15, -0.1) is 0 Å². The lowest BCUT2D eigenvalue weighted by Crippen LogP contribution is -1.98. The largest absolute Gasteiger partial charge is 0.333 e. The van der Waals surface area contributed by atoms with E-state index in [0.717, 1.165) is 22.4 Å². The molecule has 0 saturated carbocycles. The summed E-state index contributed by atoms with van der Waals surface area (Å²) in [7, 11) is 1.50. The van der Waals surface area contributed by atoms with Gasteiger partial charge in [-0.2, -0.15) is 0 Å². The van der Waals surface area contributed by atoms with Gasteiger partial charge in [0.15, 0.2) is 0 Å². The van der Waals surface area contributed by atoms with Gasteiger partial charge in [0.25, 0.3) is 0 Å². The number of hydrogen-bond acceptors (Lipinski definition) is 2. The first-order valence-corrected chi connectivity index (χ1v) is 10.7. The molecule has 3 N–H and O–H groups in total. The van der Waals surface area contributed by atoms with Crippen molar-refractivity contribution in [3.05, 3.63) is 120 Å². The Morgan fingerprint density at radius 2 is 1.16 bits per heavy atom. The molecule has 158 valence electrons. The fraction of sp³-hybridized carbons (Fsp3) is 0.0690. The molecule has 3 nitrogen and oxygen atoms in total. The second kappa shape index (κ2) is 9.46. The summed E-state index contributed by atoms with van der Waals surface area (Å²) in [6.45, 7) is 2.05. The molecule has 5 rings (SSSR count). The highest BCUT2D eigenvalue weighted by atomic mass is 15.0. The Bertz CT molecular complexity index is 1340. The number of nitrogens with two attached hydrogens (primary N) is 1. The smallest absolute Gasteiger partial charge is 0.0615 e. The Morgan fingerprint density at radius 1 is 0.656 bits per heavy atom. The quantitative estimate of drug-likeness (QED) is 0.309. The van der Waals surface area contributed by atoms with Gasteiger partial charge in [0, 0.05) is 16.5 Å². The number of benzene rings is 4. The van der Waals surface area contributed by atoms with Crippen LogP contribution in [0.15, 0.2) is 109 Å². The van der Waals surface area contributed by atoms with E-state index in [0.29, 0.717) is 5.71 Å². The third-order valence-corrected chi connectivity index (χ3v) is 5.61. The van der Waals surface area contributed by atoms with Crippen LogP contribution in [-0.4, -0.2) is 17.3 Å². The van der Waals surface area contributed by atoms with E-state index in [1.54, 1.807) is 0 Å². The molecule has 0 aliphatic rings.